The molecule has 8 heteroatoms. The number of nitrogens with one attached hydrogen (secondary N) is 1. The Bertz CT molecular complexity index is 1060. The molecule has 1 aliphatic rings. The number of aryl methyl sites for hydroxylation is 1. The van der Waals surface area contributed by atoms with Gasteiger partial charge in [0.15, 0.2) is 5.65 Å². The summed E-state index contributed by atoms with van der Waals surface area (Å²) in [5.74, 6) is 1.34. The molecular weight excluding hydrogens is 344 g/mol. The van der Waals surface area contributed by atoms with Crippen molar-refractivity contribution in [1.82, 2.24) is 29.8 Å². The molecule has 1 N–H and O–H groups in total. The molecule has 0 spiro atoms. The lowest BCUT2D eigenvalue weighted by molar-refractivity contribution is 0.451. The van der Waals surface area contributed by atoms with Crippen LogP contribution < -0.4 is 0 Å². The molecule has 0 radical (unpaired) electrons. The molecule has 0 saturated heterocycles. The predicted molar refractivity (Wildman–Crippen MR) is 94.6 cm³/mol. The van der Waals surface area contributed by atoms with Crippen molar-refractivity contribution >= 4 is 38.8 Å². The highest BCUT2D eigenvalue weighted by Gasteiger charge is 2.25. The molecule has 1 atom stereocenters. The number of thiophene rings is 1. The standard InChI is InChI=1S/C16H15ClN6S/c1-2-8-3-4-9-11(5-8)24-16-12(9)15-20-14(22-23(15)7-18-16)13-10(17)6-19-21-13/h6-8H,2-5H2,1H3,(H,19,21)/t8-/m0/s1. The van der Waals surface area contributed by atoms with E-state index in [1.54, 1.807) is 28.4 Å². The minimum absolute atomic E-state index is 0.522. The molecule has 0 saturated carbocycles. The molecule has 122 valence electrons. The molecule has 4 aromatic heterocycles. The molecule has 4 heterocycles. The fourth-order valence-electron chi connectivity index (χ4n) is 3.53. The van der Waals surface area contributed by atoms with E-state index in [1.807, 2.05) is 0 Å². The van der Waals surface area contributed by atoms with Crippen molar-refractivity contribution in [2.24, 2.45) is 5.92 Å². The van der Waals surface area contributed by atoms with Gasteiger partial charge in [0.05, 0.1) is 16.6 Å². The second-order valence-corrected chi connectivity index (χ2v) is 7.73. The maximum Gasteiger partial charge on any atom is 0.201 e. The molecule has 0 amide bonds. The Labute approximate surface area is 146 Å². The van der Waals surface area contributed by atoms with Gasteiger partial charge in [-0.2, -0.15) is 5.10 Å². The highest BCUT2D eigenvalue weighted by molar-refractivity contribution is 7.19. The molecule has 1 aliphatic carbocycles. The van der Waals surface area contributed by atoms with Crippen molar-refractivity contribution < 1.29 is 0 Å². The van der Waals surface area contributed by atoms with E-state index in [2.05, 4.69) is 27.2 Å². The van der Waals surface area contributed by atoms with Crippen molar-refractivity contribution in [3.05, 3.63) is 28.0 Å². The van der Waals surface area contributed by atoms with Gasteiger partial charge in [-0.1, -0.05) is 24.9 Å². The summed E-state index contributed by atoms with van der Waals surface area (Å²) in [7, 11) is 0. The highest BCUT2D eigenvalue weighted by Crippen LogP contribution is 2.39. The van der Waals surface area contributed by atoms with E-state index in [-0.39, 0.29) is 0 Å². The summed E-state index contributed by atoms with van der Waals surface area (Å²) >= 11 is 7.95. The van der Waals surface area contributed by atoms with Crippen LogP contribution in [0.4, 0.5) is 0 Å². The zero-order chi connectivity index (χ0) is 16.3. The average molecular weight is 359 g/mol. The maximum absolute atomic E-state index is 6.15. The Morgan fingerprint density at radius 3 is 3.17 bits per heavy atom. The lowest BCUT2D eigenvalue weighted by atomic mass is 9.86. The Morgan fingerprint density at radius 1 is 1.46 bits per heavy atom. The molecule has 4 aromatic rings. The SMILES string of the molecule is CC[C@H]1CCc2c(sc3ncn4nc(-c5[nH]ncc5Cl)nc4c23)C1. The van der Waals surface area contributed by atoms with Crippen LogP contribution in [0.25, 0.3) is 27.4 Å². The number of halogens is 1. The number of H-pyrrole nitrogens is 1. The minimum Gasteiger partial charge on any atom is -0.273 e. The van der Waals surface area contributed by atoms with Gasteiger partial charge in [0.2, 0.25) is 5.82 Å². The molecule has 0 bridgehead atoms. The lowest BCUT2D eigenvalue weighted by Crippen LogP contribution is -2.11. The molecule has 0 aliphatic heterocycles. The summed E-state index contributed by atoms with van der Waals surface area (Å²) in [6.07, 6.45) is 8.04. The van der Waals surface area contributed by atoms with Crippen molar-refractivity contribution in [3.8, 4) is 11.5 Å². The van der Waals surface area contributed by atoms with Crippen LogP contribution in [0.3, 0.4) is 0 Å². The van der Waals surface area contributed by atoms with Gasteiger partial charge in [-0.3, -0.25) is 5.10 Å². The second-order valence-electron chi connectivity index (χ2n) is 6.24. The molecular formula is C16H15ClN6S. The van der Waals surface area contributed by atoms with Crippen molar-refractivity contribution in [1.29, 1.82) is 0 Å². The number of rotatable bonds is 2. The molecule has 0 aromatic carbocycles. The van der Waals surface area contributed by atoms with Gasteiger partial charge in [0, 0.05) is 4.88 Å². The van der Waals surface area contributed by atoms with Gasteiger partial charge in [0.25, 0.3) is 0 Å². The summed E-state index contributed by atoms with van der Waals surface area (Å²) < 4.78 is 1.74. The van der Waals surface area contributed by atoms with E-state index in [0.29, 0.717) is 16.5 Å². The predicted octanol–water partition coefficient (Wildman–Crippen LogP) is 3.90. The first-order valence-corrected chi connectivity index (χ1v) is 9.29. The maximum atomic E-state index is 6.15. The van der Waals surface area contributed by atoms with Gasteiger partial charge < -0.3 is 0 Å². The molecule has 6 nitrogen and oxygen atoms in total. The Hall–Kier alpha value is -1.99. The number of hydrogen-bond donors (Lipinski definition) is 1. The first-order valence-electron chi connectivity index (χ1n) is 8.09. The Morgan fingerprint density at radius 2 is 2.38 bits per heavy atom. The second kappa shape index (κ2) is 5.26. The molecule has 0 unspecified atom stereocenters. The topological polar surface area (TPSA) is 71.8 Å². The average Bonchev–Trinajstić information content (AvgIpc) is 3.28. The lowest BCUT2D eigenvalue weighted by Gasteiger charge is -2.20. The third-order valence-corrected chi connectivity index (χ3v) is 6.33. The van der Waals surface area contributed by atoms with Crippen LogP contribution in [-0.2, 0) is 12.8 Å². The summed E-state index contributed by atoms with van der Waals surface area (Å²) in [5.41, 5.74) is 2.91. The minimum atomic E-state index is 0.522. The van der Waals surface area contributed by atoms with Crippen LogP contribution in [-0.4, -0.2) is 29.8 Å². The van der Waals surface area contributed by atoms with Crippen LogP contribution >= 0.6 is 22.9 Å². The zero-order valence-electron chi connectivity index (χ0n) is 13.1. The zero-order valence-corrected chi connectivity index (χ0v) is 14.7. The van der Waals surface area contributed by atoms with Crippen molar-refractivity contribution in [3.63, 3.8) is 0 Å². The summed E-state index contributed by atoms with van der Waals surface area (Å²) in [4.78, 5) is 11.8. The van der Waals surface area contributed by atoms with Crippen LogP contribution in [0, 0.1) is 5.92 Å². The van der Waals surface area contributed by atoms with E-state index in [9.17, 15) is 0 Å². The third kappa shape index (κ3) is 2.01. The summed E-state index contributed by atoms with van der Waals surface area (Å²) in [6, 6.07) is 0. The normalized spacial score (nSPS) is 17.7. The fraction of sp³-hybridized carbons (Fsp3) is 0.375. The summed E-state index contributed by atoms with van der Waals surface area (Å²) in [6.45, 7) is 2.28. The first kappa shape index (κ1) is 14.4. The Balaban J connectivity index is 1.74. The van der Waals surface area contributed by atoms with E-state index in [0.717, 1.165) is 34.6 Å². The Kier molecular flexibility index (Phi) is 3.14. The van der Waals surface area contributed by atoms with E-state index in [4.69, 9.17) is 16.6 Å². The highest BCUT2D eigenvalue weighted by atomic mass is 35.5. The third-order valence-electron chi connectivity index (χ3n) is 4.88. The van der Waals surface area contributed by atoms with Crippen molar-refractivity contribution in [2.45, 2.75) is 32.6 Å². The number of fused-ring (bicyclic) bond motifs is 5. The smallest absolute Gasteiger partial charge is 0.201 e. The number of aromatic amines is 1. The fourth-order valence-corrected chi connectivity index (χ4v) is 5.00. The molecule has 5 rings (SSSR count). The molecule has 0 fully saturated rings. The van der Waals surface area contributed by atoms with Gasteiger partial charge in [-0.05, 0) is 30.7 Å². The largest absolute Gasteiger partial charge is 0.273 e. The van der Waals surface area contributed by atoms with E-state index < -0.39 is 0 Å². The summed E-state index contributed by atoms with van der Waals surface area (Å²) in [5, 5.41) is 13.0. The van der Waals surface area contributed by atoms with Crippen LogP contribution in [0.15, 0.2) is 12.5 Å². The van der Waals surface area contributed by atoms with E-state index >= 15 is 0 Å². The number of hydrogen-bond acceptors (Lipinski definition) is 5. The van der Waals surface area contributed by atoms with Crippen LogP contribution in [0.5, 0.6) is 0 Å². The van der Waals surface area contributed by atoms with Gasteiger partial charge in [-0.25, -0.2) is 14.5 Å². The van der Waals surface area contributed by atoms with Gasteiger partial charge in [-0.15, -0.1) is 16.4 Å². The molecule has 24 heavy (non-hydrogen) atoms. The number of nitrogens with zero attached hydrogens (tertiary/aromatic N) is 5. The van der Waals surface area contributed by atoms with Crippen molar-refractivity contribution in [2.75, 3.05) is 0 Å². The monoisotopic (exact) mass is 358 g/mol. The van der Waals surface area contributed by atoms with Gasteiger partial charge >= 0.3 is 0 Å². The van der Waals surface area contributed by atoms with Crippen LogP contribution in [0.1, 0.15) is 30.2 Å². The number of aromatic nitrogens is 6. The van der Waals surface area contributed by atoms with Crippen LogP contribution in [0.2, 0.25) is 5.02 Å². The quantitative estimate of drug-likeness (QED) is 0.590. The van der Waals surface area contributed by atoms with Gasteiger partial charge in [0.1, 0.15) is 16.9 Å². The first-order chi connectivity index (χ1) is 11.7. The van der Waals surface area contributed by atoms with E-state index in [1.165, 1.54) is 23.3 Å².